The lowest BCUT2D eigenvalue weighted by Gasteiger charge is -2.47. The van der Waals surface area contributed by atoms with Gasteiger partial charge in [0.1, 0.15) is 0 Å². The highest BCUT2D eigenvalue weighted by Gasteiger charge is 2.40. The third kappa shape index (κ3) is 2.30. The average Bonchev–Trinajstić information content (AvgIpc) is 3.05. The molecule has 2 aromatic rings. The zero-order valence-corrected chi connectivity index (χ0v) is 13.5. The van der Waals surface area contributed by atoms with Crippen LogP contribution in [0.4, 0.5) is 0 Å². The summed E-state index contributed by atoms with van der Waals surface area (Å²) in [6.07, 6.45) is 2.47. The first-order valence-electron chi connectivity index (χ1n) is 11.3. The molecule has 2 heterocycles. The Hall–Kier alpha value is -0.930. The number of nitrogens with one attached hydrogen (secondary N) is 1. The van der Waals surface area contributed by atoms with Gasteiger partial charge in [-0.1, -0.05) is 19.0 Å². The first kappa shape index (κ1) is 8.79. The zero-order valence-electron chi connectivity index (χ0n) is 19.7. The van der Waals surface area contributed by atoms with Crippen molar-refractivity contribution in [2.75, 3.05) is 25.1 Å². The van der Waals surface area contributed by atoms with E-state index in [1.807, 2.05) is 24.6 Å². The number of rotatable bonds is 4. The van der Waals surface area contributed by atoms with E-state index in [0.29, 0.717) is 13.0 Å². The van der Waals surface area contributed by atoms with Crippen LogP contribution in [0.3, 0.4) is 0 Å². The highest BCUT2D eigenvalue weighted by Crippen LogP contribution is 2.45. The first-order valence-corrected chi connectivity index (χ1v) is 9.23. The molecule has 2 aliphatic rings. The van der Waals surface area contributed by atoms with Crippen molar-refractivity contribution < 1.29 is 9.60 Å². The minimum absolute atomic E-state index is 0.0513. The van der Waals surface area contributed by atoms with Crippen molar-refractivity contribution in [2.24, 2.45) is 5.92 Å². The Morgan fingerprint density at radius 3 is 3.32 bits per heavy atom. The summed E-state index contributed by atoms with van der Waals surface area (Å²) in [7, 11) is 0. The second-order valence-electron chi connectivity index (χ2n) is 6.41. The topological polar surface area (TPSA) is 19.0 Å². The van der Waals surface area contributed by atoms with Crippen LogP contribution in [0.5, 0.6) is 0 Å². The van der Waals surface area contributed by atoms with Gasteiger partial charge in [-0.25, -0.2) is 0 Å². The van der Waals surface area contributed by atoms with Gasteiger partial charge in [0.05, 0.1) is 0 Å². The molecule has 22 heavy (non-hydrogen) atoms. The lowest BCUT2D eigenvalue weighted by Crippen LogP contribution is -2.50. The number of hydrogen-bond acceptors (Lipinski definition) is 2. The molecule has 3 atom stereocenters. The minimum Gasteiger partial charge on any atom is -0.361 e. The molecular formula is C19H26N2S. The third-order valence-electron chi connectivity index (χ3n) is 5.16. The number of piperidine rings is 1. The predicted molar refractivity (Wildman–Crippen MR) is 96.9 cm³/mol. The zero-order chi connectivity index (χ0) is 21.2. The van der Waals surface area contributed by atoms with Crippen LogP contribution >= 0.6 is 11.8 Å². The molecule has 0 amide bonds. The smallest absolute Gasteiger partial charge is 0.0459 e. The van der Waals surface area contributed by atoms with Crippen molar-refractivity contribution in [3.8, 4) is 0 Å². The lowest BCUT2D eigenvalue weighted by molar-refractivity contribution is 0.0926. The summed E-state index contributed by atoms with van der Waals surface area (Å²) in [6.45, 7) is -5.30. The minimum atomic E-state index is -3.05. The fourth-order valence-electron chi connectivity index (χ4n) is 4.35. The Morgan fingerprint density at radius 1 is 1.50 bits per heavy atom. The van der Waals surface area contributed by atoms with Gasteiger partial charge in [0, 0.05) is 45.2 Å². The molecule has 2 nitrogen and oxygen atoms in total. The van der Waals surface area contributed by atoms with Crippen LogP contribution in [0.15, 0.2) is 24.4 Å². The fraction of sp³-hybridized carbons (Fsp3) is 0.579. The molecule has 0 spiro atoms. The second kappa shape index (κ2) is 5.93. The quantitative estimate of drug-likeness (QED) is 0.907. The van der Waals surface area contributed by atoms with Gasteiger partial charge in [0.2, 0.25) is 0 Å². The van der Waals surface area contributed by atoms with E-state index in [9.17, 15) is 0 Å². The van der Waals surface area contributed by atoms with E-state index < -0.39 is 19.7 Å². The summed E-state index contributed by atoms with van der Waals surface area (Å²) in [4.78, 5) is 4.82. The van der Waals surface area contributed by atoms with E-state index in [-0.39, 0.29) is 17.9 Å². The van der Waals surface area contributed by atoms with Gasteiger partial charge in [0.25, 0.3) is 0 Å². The number of nitrogens with zero attached hydrogens (tertiary/aromatic N) is 1. The van der Waals surface area contributed by atoms with Gasteiger partial charge in [-0.2, -0.15) is 11.8 Å². The SMILES string of the molecule is [2H]C([2H])([2H])C([2H])([2H])C([2H])([2H])N1C[C@H](CSC)C[C@@H]2c3cccc4[nH]cc(c34)C[C@H]21. The molecule has 0 bridgehead atoms. The molecule has 1 fully saturated rings. The number of hydrogen-bond donors (Lipinski definition) is 1. The summed E-state index contributed by atoms with van der Waals surface area (Å²) in [5.41, 5.74) is 3.32. The Morgan fingerprint density at radius 2 is 2.45 bits per heavy atom. The molecule has 1 aliphatic heterocycles. The van der Waals surface area contributed by atoms with Crippen molar-refractivity contribution in [3.05, 3.63) is 35.5 Å². The van der Waals surface area contributed by atoms with Gasteiger partial charge in [-0.05, 0) is 60.8 Å². The van der Waals surface area contributed by atoms with Gasteiger partial charge in [0.15, 0.2) is 0 Å². The van der Waals surface area contributed by atoms with Gasteiger partial charge < -0.3 is 4.98 Å². The standard InChI is InChI=1S/C19H26N2S/c1-3-7-21-11-13(12-22-2)8-16-15-5-4-6-17-19(15)14(10-20-17)9-18(16)21/h4-6,10,13,16,18,20H,3,7-9,11-12H2,1-2H3/t13-,16-,18-/m1/s1/i1D3,3D2,7D2. The van der Waals surface area contributed by atoms with Gasteiger partial charge >= 0.3 is 0 Å². The number of fused-ring (bicyclic) bond motifs is 2. The van der Waals surface area contributed by atoms with Gasteiger partial charge in [-0.3, -0.25) is 4.90 Å². The number of thioether (sulfide) groups is 1. The number of benzene rings is 1. The maximum absolute atomic E-state index is 8.66. The number of H-pyrrole nitrogens is 1. The molecule has 1 aromatic heterocycles. The number of likely N-dealkylation sites (tertiary alicyclic amines) is 1. The summed E-state index contributed by atoms with van der Waals surface area (Å²) >= 11 is 1.69. The van der Waals surface area contributed by atoms with Crippen molar-refractivity contribution in [2.45, 2.75) is 38.0 Å². The van der Waals surface area contributed by atoms with Crippen LogP contribution < -0.4 is 0 Å². The molecule has 4 rings (SSSR count). The number of aromatic nitrogens is 1. The molecule has 3 heteroatoms. The van der Waals surface area contributed by atoms with E-state index in [0.717, 1.165) is 28.8 Å². The summed E-state index contributed by atoms with van der Waals surface area (Å²) in [5.74, 6) is 1.06. The molecule has 1 saturated heterocycles. The molecular weight excluding hydrogens is 288 g/mol. The highest BCUT2D eigenvalue weighted by atomic mass is 32.2. The molecule has 0 unspecified atom stereocenters. The summed E-state index contributed by atoms with van der Waals surface area (Å²) < 4.78 is 56.6. The van der Waals surface area contributed by atoms with Crippen LogP contribution in [0.25, 0.3) is 10.9 Å². The maximum atomic E-state index is 8.66. The molecule has 0 saturated carbocycles. The monoisotopic (exact) mass is 321 g/mol. The second-order valence-corrected chi connectivity index (χ2v) is 7.32. The van der Waals surface area contributed by atoms with Crippen molar-refractivity contribution in [1.29, 1.82) is 0 Å². The molecule has 1 aliphatic carbocycles. The Labute approximate surface area is 147 Å². The largest absolute Gasteiger partial charge is 0.361 e. The Bertz CT molecular complexity index is 908. The average molecular weight is 322 g/mol. The molecule has 118 valence electrons. The van der Waals surface area contributed by atoms with E-state index in [1.165, 1.54) is 10.3 Å². The molecule has 1 aromatic carbocycles. The van der Waals surface area contributed by atoms with Crippen LogP contribution in [-0.2, 0) is 6.42 Å². The lowest BCUT2D eigenvalue weighted by atomic mass is 9.72. The molecule has 1 N–H and O–H groups in total. The highest BCUT2D eigenvalue weighted by molar-refractivity contribution is 7.98. The van der Waals surface area contributed by atoms with E-state index in [4.69, 9.17) is 9.60 Å². The van der Waals surface area contributed by atoms with Gasteiger partial charge in [-0.15, -0.1) is 0 Å². The Kier molecular flexibility index (Phi) is 2.37. The van der Waals surface area contributed by atoms with E-state index >= 15 is 0 Å². The maximum Gasteiger partial charge on any atom is 0.0459 e. The molecule has 0 radical (unpaired) electrons. The summed E-state index contributed by atoms with van der Waals surface area (Å²) in [5, 5.41) is 1.19. The van der Waals surface area contributed by atoms with Crippen LogP contribution in [-0.4, -0.2) is 41.0 Å². The fourth-order valence-corrected chi connectivity index (χ4v) is 5.06. The van der Waals surface area contributed by atoms with Crippen LogP contribution in [0, 0.1) is 5.92 Å². The Balaban J connectivity index is 1.81. The summed E-state index contributed by atoms with van der Waals surface area (Å²) in [6, 6.07) is 5.85. The third-order valence-corrected chi connectivity index (χ3v) is 5.96. The van der Waals surface area contributed by atoms with E-state index in [2.05, 4.69) is 11.1 Å². The predicted octanol–water partition coefficient (Wildman–Crippen LogP) is 4.27. The normalized spacial score (nSPS) is 34.6. The van der Waals surface area contributed by atoms with Crippen LogP contribution in [0.2, 0.25) is 0 Å². The van der Waals surface area contributed by atoms with Crippen molar-refractivity contribution in [1.82, 2.24) is 9.88 Å². The van der Waals surface area contributed by atoms with E-state index in [1.54, 1.807) is 11.8 Å². The van der Waals surface area contributed by atoms with Crippen molar-refractivity contribution in [3.63, 3.8) is 0 Å². The van der Waals surface area contributed by atoms with Crippen molar-refractivity contribution >= 4 is 22.7 Å². The number of aromatic amines is 1. The van der Waals surface area contributed by atoms with Crippen LogP contribution in [0.1, 0.15) is 46.3 Å². The first-order chi connectivity index (χ1) is 13.5.